The highest BCUT2D eigenvalue weighted by molar-refractivity contribution is 8.00. The molecule has 2 amide bonds. The van der Waals surface area contributed by atoms with Crippen LogP contribution >= 0.6 is 34.7 Å². The molecule has 0 bridgehead atoms. The summed E-state index contributed by atoms with van der Waals surface area (Å²) in [5.74, 6) is -3.22. The quantitative estimate of drug-likeness (QED) is 0.105. The summed E-state index contributed by atoms with van der Waals surface area (Å²) in [6.07, 6.45) is 4.59. The number of benzene rings is 1. The summed E-state index contributed by atoms with van der Waals surface area (Å²) in [5.41, 5.74) is 0.211. The third-order valence-electron chi connectivity index (χ3n) is 8.77. The number of hydrogen-bond donors (Lipinski definition) is 1. The predicted octanol–water partition coefficient (Wildman–Crippen LogP) is 4.83. The number of unbranched alkanes of at least 4 members (excludes halogenated alkanes) is 2. The third kappa shape index (κ3) is 7.85. The number of aromatic nitrogens is 1. The van der Waals surface area contributed by atoms with Crippen molar-refractivity contribution in [2.75, 3.05) is 25.6 Å². The zero-order valence-electron chi connectivity index (χ0n) is 27.8. The van der Waals surface area contributed by atoms with E-state index in [2.05, 4.69) is 5.32 Å². The van der Waals surface area contributed by atoms with Crippen molar-refractivity contribution in [1.82, 2.24) is 14.8 Å². The molecule has 1 saturated carbocycles. The number of thioether (sulfide) groups is 1. The van der Waals surface area contributed by atoms with Crippen LogP contribution in [-0.2, 0) is 39.8 Å². The molecule has 0 unspecified atom stereocenters. The lowest BCUT2D eigenvalue weighted by atomic mass is 10.0. The summed E-state index contributed by atoms with van der Waals surface area (Å²) in [4.78, 5) is 78.8. The number of thiophene rings is 1. The van der Waals surface area contributed by atoms with E-state index in [1.54, 1.807) is 4.57 Å². The van der Waals surface area contributed by atoms with Gasteiger partial charge >= 0.3 is 17.9 Å². The average molecular weight is 760 g/mol. The molecule has 0 radical (unpaired) electrons. The van der Waals surface area contributed by atoms with Crippen molar-refractivity contribution in [1.29, 1.82) is 0 Å². The minimum absolute atomic E-state index is 0.000451. The van der Waals surface area contributed by atoms with Gasteiger partial charge in [0.05, 0.1) is 35.6 Å². The highest BCUT2D eigenvalue weighted by atomic mass is 35.5. The smallest absolute Gasteiger partial charge is 0.355 e. The van der Waals surface area contributed by atoms with Crippen molar-refractivity contribution in [2.45, 2.75) is 69.8 Å². The molecule has 2 aliphatic heterocycles. The van der Waals surface area contributed by atoms with E-state index in [0.717, 1.165) is 23.8 Å². The van der Waals surface area contributed by atoms with Gasteiger partial charge in [-0.25, -0.2) is 14.0 Å². The van der Waals surface area contributed by atoms with E-state index < -0.39 is 46.5 Å². The number of rotatable bonds is 14. The number of halogens is 2. The molecule has 0 spiro atoms. The van der Waals surface area contributed by atoms with Gasteiger partial charge in [-0.3, -0.25) is 24.1 Å². The average Bonchev–Trinajstić information content (AvgIpc) is 3.83. The first-order chi connectivity index (χ1) is 24.5. The lowest BCUT2D eigenvalue weighted by Gasteiger charge is -2.49. The van der Waals surface area contributed by atoms with Crippen molar-refractivity contribution >= 4 is 75.3 Å². The lowest BCUT2D eigenvalue weighted by molar-refractivity contribution is -0.153. The van der Waals surface area contributed by atoms with Gasteiger partial charge in [0, 0.05) is 40.9 Å². The van der Waals surface area contributed by atoms with Gasteiger partial charge in [0.25, 0.3) is 5.91 Å². The molecule has 16 heteroatoms. The fourth-order valence-electron chi connectivity index (χ4n) is 5.95. The van der Waals surface area contributed by atoms with Crippen LogP contribution in [0.3, 0.4) is 0 Å². The van der Waals surface area contributed by atoms with Crippen LogP contribution in [-0.4, -0.2) is 76.2 Å². The minimum Gasteiger partial charge on any atom is -0.462 e. The maximum atomic E-state index is 14.5. The Kier molecular flexibility index (Phi) is 11.2. The number of ether oxygens (including phenoxy) is 3. The summed E-state index contributed by atoms with van der Waals surface area (Å²) < 4.78 is 32.3. The number of fused-ring (bicyclic) bond motifs is 2. The van der Waals surface area contributed by atoms with E-state index in [1.807, 2.05) is 17.5 Å². The number of amides is 2. The molecule has 270 valence electrons. The van der Waals surface area contributed by atoms with Crippen molar-refractivity contribution in [3.8, 4) is 0 Å². The van der Waals surface area contributed by atoms with Crippen LogP contribution < -0.4 is 10.7 Å². The van der Waals surface area contributed by atoms with Crippen LogP contribution in [0.25, 0.3) is 10.9 Å². The predicted molar refractivity (Wildman–Crippen MR) is 188 cm³/mol. The van der Waals surface area contributed by atoms with Gasteiger partial charge in [-0.1, -0.05) is 17.7 Å². The summed E-state index contributed by atoms with van der Waals surface area (Å²) >= 11 is 9.21. The largest absolute Gasteiger partial charge is 0.462 e. The molecular formula is C35H35ClFN3O9S2. The monoisotopic (exact) mass is 759 g/mol. The highest BCUT2D eigenvalue weighted by Crippen LogP contribution is 2.41. The van der Waals surface area contributed by atoms with E-state index in [9.17, 15) is 33.2 Å². The number of pyridine rings is 1. The number of hydrogen-bond acceptors (Lipinski definition) is 11. The Bertz CT molecular complexity index is 1990. The van der Waals surface area contributed by atoms with E-state index in [4.69, 9.17) is 25.8 Å². The molecular weight excluding hydrogens is 725 g/mol. The van der Waals surface area contributed by atoms with E-state index >= 15 is 0 Å². The summed E-state index contributed by atoms with van der Waals surface area (Å²) in [7, 11) is 0. The SMILES string of the molecule is CC(=O)OCC1=C(C(=O)OCCCCCOC(=O)c2cn(C3CC3)c3c(Cl)c(C)c(F)cc3c2=O)N2C(=O)[C@@H](NC(=O)Cc3cccs3)[C@H]2SC1. The maximum absolute atomic E-state index is 14.5. The summed E-state index contributed by atoms with van der Waals surface area (Å²) in [6, 6.07) is 4.03. The van der Waals surface area contributed by atoms with Crippen LogP contribution in [0.4, 0.5) is 4.39 Å². The number of esters is 3. The van der Waals surface area contributed by atoms with E-state index in [1.165, 1.54) is 48.0 Å². The van der Waals surface area contributed by atoms with Crippen molar-refractivity contribution in [2.24, 2.45) is 0 Å². The second-order valence-electron chi connectivity index (χ2n) is 12.5. The fourth-order valence-corrected chi connectivity index (χ4v) is 8.27. The fraction of sp³-hybridized carbons (Fsp3) is 0.429. The van der Waals surface area contributed by atoms with Crippen LogP contribution in [0.1, 0.15) is 65.9 Å². The number of carbonyl (C=O) groups excluding carboxylic acids is 5. The Balaban J connectivity index is 1.01. The van der Waals surface area contributed by atoms with Crippen molar-refractivity contribution < 1.29 is 42.6 Å². The number of carbonyl (C=O) groups is 5. The molecule has 4 heterocycles. The van der Waals surface area contributed by atoms with Gasteiger partial charge in [0.15, 0.2) is 0 Å². The first-order valence-electron chi connectivity index (χ1n) is 16.5. The molecule has 51 heavy (non-hydrogen) atoms. The summed E-state index contributed by atoms with van der Waals surface area (Å²) in [5, 5.41) is 4.28. The van der Waals surface area contributed by atoms with Crippen LogP contribution in [0, 0.1) is 12.7 Å². The Morgan fingerprint density at radius 3 is 2.45 bits per heavy atom. The van der Waals surface area contributed by atoms with Gasteiger partial charge in [-0.15, -0.1) is 23.1 Å². The zero-order chi connectivity index (χ0) is 36.4. The standard InChI is InChI=1S/C35H35ClFN3O9S2/c1-18-25(37)14-23-30(27(18)36)39(21-8-9-21)15-24(31(23)43)34(45)47-10-4-3-5-11-48-35(46)29-20(16-49-19(2)41)17-51-33-28(32(44)40(29)33)38-26(42)13-22-7-6-12-50-22/h6-7,12,14-15,21,28,33H,3-5,8-11,13,16-17H2,1-2H3,(H,38,42)/t28-,33-/m1/s1. The van der Waals surface area contributed by atoms with E-state index in [-0.39, 0.29) is 65.4 Å². The van der Waals surface area contributed by atoms with E-state index in [0.29, 0.717) is 36.1 Å². The van der Waals surface area contributed by atoms with Crippen molar-refractivity contribution in [3.05, 3.63) is 78.1 Å². The molecule has 3 aliphatic rings. The molecule has 1 aromatic carbocycles. The van der Waals surface area contributed by atoms with Gasteiger partial charge < -0.3 is 24.1 Å². The Labute approximate surface area is 305 Å². The molecule has 2 aromatic heterocycles. The molecule has 2 fully saturated rings. The number of nitrogens with zero attached hydrogens (tertiary/aromatic N) is 2. The minimum atomic E-state index is -0.822. The van der Waals surface area contributed by atoms with Gasteiger partial charge in [0.2, 0.25) is 11.3 Å². The van der Waals surface area contributed by atoms with Crippen LogP contribution in [0.5, 0.6) is 0 Å². The third-order valence-corrected chi connectivity index (χ3v) is 11.5. The van der Waals surface area contributed by atoms with Gasteiger partial charge in [-0.05, 0) is 56.5 Å². The van der Waals surface area contributed by atoms with Crippen LogP contribution in [0.15, 0.2) is 45.8 Å². The molecule has 2 atom stereocenters. The number of nitrogens with one attached hydrogen (secondary N) is 1. The first-order valence-corrected chi connectivity index (χ1v) is 18.8. The maximum Gasteiger partial charge on any atom is 0.355 e. The second kappa shape index (κ2) is 15.6. The lowest BCUT2D eigenvalue weighted by Crippen LogP contribution is -2.70. The van der Waals surface area contributed by atoms with Crippen molar-refractivity contribution in [3.63, 3.8) is 0 Å². The molecule has 6 rings (SSSR count). The molecule has 3 aromatic rings. The van der Waals surface area contributed by atoms with Gasteiger partial charge in [0.1, 0.15) is 35.1 Å². The normalized spacial score (nSPS) is 18.3. The first kappa shape index (κ1) is 36.6. The molecule has 1 saturated heterocycles. The molecule has 1 N–H and O–H groups in total. The second-order valence-corrected chi connectivity index (χ2v) is 15.0. The highest BCUT2D eigenvalue weighted by Gasteiger charge is 2.54. The molecule has 12 nitrogen and oxygen atoms in total. The Hall–Kier alpha value is -4.21. The number of β-lactam (4-membered cyclic amide) rings is 1. The van der Waals surface area contributed by atoms with Crippen LogP contribution in [0.2, 0.25) is 5.02 Å². The Morgan fingerprint density at radius 1 is 1.06 bits per heavy atom. The van der Waals surface area contributed by atoms with Gasteiger partial charge in [-0.2, -0.15) is 0 Å². The Morgan fingerprint density at radius 2 is 1.78 bits per heavy atom. The summed E-state index contributed by atoms with van der Waals surface area (Å²) in [6.45, 7) is 2.59. The topological polar surface area (TPSA) is 150 Å². The zero-order valence-corrected chi connectivity index (χ0v) is 30.2. The molecule has 1 aliphatic carbocycles.